The molecule has 2 aromatic rings. The normalized spacial score (nSPS) is 14.7. The van der Waals surface area contributed by atoms with Gasteiger partial charge in [0, 0.05) is 17.3 Å². The molecule has 0 aliphatic carbocycles. The number of nitro benzene ring substituents is 1. The van der Waals surface area contributed by atoms with Gasteiger partial charge in [0.1, 0.15) is 6.54 Å². The molecule has 1 heterocycles. The monoisotopic (exact) mass is 443 g/mol. The number of aromatic hydroxyl groups is 1. The zero-order valence-electron chi connectivity index (χ0n) is 16.2. The number of anilines is 1. The standard InChI is InChI=1S/C20H17N3O7S/c1-2-30-15-10-14(23(28)29)8-12(18(15)25)9-16-19(26)22(20(27)31-16)11-17(24)21-13-6-4-3-5-7-13/h3-10,25H,2,11H2,1H3,(H,21,24)/b16-9-. The van der Waals surface area contributed by atoms with Crippen LogP contribution in [0.1, 0.15) is 12.5 Å². The molecule has 0 bridgehead atoms. The number of nitrogens with one attached hydrogen (secondary N) is 1. The summed E-state index contributed by atoms with van der Waals surface area (Å²) in [6, 6.07) is 10.7. The van der Waals surface area contributed by atoms with Gasteiger partial charge in [-0.1, -0.05) is 18.2 Å². The van der Waals surface area contributed by atoms with E-state index in [1.807, 2.05) is 0 Å². The van der Waals surface area contributed by atoms with Crippen molar-refractivity contribution in [3.05, 3.63) is 63.0 Å². The lowest BCUT2D eigenvalue weighted by Gasteiger charge is -2.12. The SMILES string of the molecule is CCOc1cc([N+](=O)[O-])cc(/C=C2\SC(=O)N(CC(=O)Nc3ccccc3)C2=O)c1O. The summed E-state index contributed by atoms with van der Waals surface area (Å²) in [4.78, 5) is 48.3. The molecule has 0 atom stereocenters. The van der Waals surface area contributed by atoms with E-state index >= 15 is 0 Å². The molecule has 2 N–H and O–H groups in total. The number of carbonyl (C=O) groups is 3. The zero-order chi connectivity index (χ0) is 22.5. The third-order valence-corrected chi connectivity index (χ3v) is 5.03. The summed E-state index contributed by atoms with van der Waals surface area (Å²) in [7, 11) is 0. The molecule has 0 radical (unpaired) electrons. The first-order valence-corrected chi connectivity index (χ1v) is 9.86. The van der Waals surface area contributed by atoms with Gasteiger partial charge >= 0.3 is 0 Å². The van der Waals surface area contributed by atoms with Crippen LogP contribution in [-0.2, 0) is 9.59 Å². The minimum Gasteiger partial charge on any atom is -0.504 e. The number of thioether (sulfide) groups is 1. The van der Waals surface area contributed by atoms with E-state index < -0.39 is 34.3 Å². The maximum absolute atomic E-state index is 12.6. The highest BCUT2D eigenvalue weighted by Gasteiger charge is 2.36. The summed E-state index contributed by atoms with van der Waals surface area (Å²) in [5.74, 6) is -1.83. The molecule has 1 aliphatic heterocycles. The molecule has 11 heteroatoms. The van der Waals surface area contributed by atoms with Crippen LogP contribution in [0.25, 0.3) is 6.08 Å². The highest BCUT2D eigenvalue weighted by atomic mass is 32.2. The van der Waals surface area contributed by atoms with Gasteiger partial charge in [0.15, 0.2) is 11.5 Å². The minimum atomic E-state index is -0.748. The third-order valence-electron chi connectivity index (χ3n) is 4.12. The maximum atomic E-state index is 12.6. The third kappa shape index (κ3) is 5.01. The first kappa shape index (κ1) is 21.8. The lowest BCUT2D eigenvalue weighted by molar-refractivity contribution is -0.385. The molecule has 1 fully saturated rings. The fourth-order valence-corrected chi connectivity index (χ4v) is 3.57. The highest BCUT2D eigenvalue weighted by molar-refractivity contribution is 8.18. The van der Waals surface area contributed by atoms with E-state index in [0.29, 0.717) is 17.4 Å². The molecule has 0 spiro atoms. The van der Waals surface area contributed by atoms with Gasteiger partial charge in [-0.25, -0.2) is 0 Å². The lowest BCUT2D eigenvalue weighted by atomic mass is 10.1. The Morgan fingerprint density at radius 3 is 2.65 bits per heavy atom. The number of rotatable bonds is 7. The first-order valence-electron chi connectivity index (χ1n) is 9.04. The lowest BCUT2D eigenvalue weighted by Crippen LogP contribution is -2.36. The predicted octanol–water partition coefficient (Wildman–Crippen LogP) is 3.37. The molecule has 10 nitrogen and oxygen atoms in total. The summed E-state index contributed by atoms with van der Waals surface area (Å²) in [5, 5.41) is 23.4. The first-order chi connectivity index (χ1) is 14.8. The smallest absolute Gasteiger partial charge is 0.294 e. The van der Waals surface area contributed by atoms with Crippen molar-refractivity contribution in [2.75, 3.05) is 18.5 Å². The molecule has 3 amide bonds. The number of imide groups is 1. The van der Waals surface area contributed by atoms with Gasteiger partial charge in [0.25, 0.3) is 16.8 Å². The number of para-hydroxylation sites is 1. The average Bonchev–Trinajstić information content (AvgIpc) is 2.99. The predicted molar refractivity (Wildman–Crippen MR) is 114 cm³/mol. The van der Waals surface area contributed by atoms with Gasteiger partial charge in [-0.05, 0) is 36.9 Å². The number of carbonyl (C=O) groups excluding carboxylic acids is 3. The largest absolute Gasteiger partial charge is 0.504 e. The fourth-order valence-electron chi connectivity index (χ4n) is 2.74. The van der Waals surface area contributed by atoms with Crippen LogP contribution in [0.3, 0.4) is 0 Å². The van der Waals surface area contributed by atoms with E-state index in [1.54, 1.807) is 37.3 Å². The number of nitrogens with zero attached hydrogens (tertiary/aromatic N) is 2. The molecule has 1 saturated heterocycles. The number of hydrogen-bond donors (Lipinski definition) is 2. The Hall–Kier alpha value is -3.86. The van der Waals surface area contributed by atoms with Crippen molar-refractivity contribution in [1.82, 2.24) is 4.90 Å². The quantitative estimate of drug-likeness (QED) is 0.377. The van der Waals surface area contributed by atoms with E-state index in [2.05, 4.69) is 5.32 Å². The molecular formula is C20H17N3O7S. The Morgan fingerprint density at radius 2 is 2.00 bits per heavy atom. The Labute approximate surface area is 180 Å². The van der Waals surface area contributed by atoms with Gasteiger partial charge < -0.3 is 15.2 Å². The Bertz CT molecular complexity index is 1090. The van der Waals surface area contributed by atoms with Gasteiger partial charge in [0.05, 0.1) is 22.5 Å². The molecule has 1 aliphatic rings. The molecule has 3 rings (SSSR count). The maximum Gasteiger partial charge on any atom is 0.294 e. The highest BCUT2D eigenvalue weighted by Crippen LogP contribution is 2.39. The van der Waals surface area contributed by atoms with Crippen molar-refractivity contribution < 1.29 is 29.2 Å². The van der Waals surface area contributed by atoms with Crippen LogP contribution in [-0.4, -0.2) is 45.1 Å². The second kappa shape index (κ2) is 9.30. The van der Waals surface area contributed by atoms with Gasteiger partial charge in [-0.3, -0.25) is 29.4 Å². The van der Waals surface area contributed by atoms with E-state index in [-0.39, 0.29) is 28.5 Å². The second-order valence-electron chi connectivity index (χ2n) is 6.25. The number of benzene rings is 2. The molecule has 160 valence electrons. The number of hydrogen-bond acceptors (Lipinski definition) is 8. The second-order valence-corrected chi connectivity index (χ2v) is 7.25. The van der Waals surface area contributed by atoms with Gasteiger partial charge in [0.2, 0.25) is 5.91 Å². The van der Waals surface area contributed by atoms with Crippen molar-refractivity contribution in [1.29, 1.82) is 0 Å². The van der Waals surface area contributed by atoms with Crippen LogP contribution in [0.15, 0.2) is 47.4 Å². The molecular weight excluding hydrogens is 426 g/mol. The number of phenols is 1. The number of non-ortho nitro benzene ring substituents is 1. The number of phenolic OH excluding ortho intramolecular Hbond substituents is 1. The number of nitro groups is 1. The zero-order valence-corrected chi connectivity index (χ0v) is 17.0. The molecule has 0 saturated carbocycles. The fraction of sp³-hybridized carbons (Fsp3) is 0.150. The molecule has 0 aromatic heterocycles. The average molecular weight is 443 g/mol. The van der Waals surface area contributed by atoms with E-state index in [4.69, 9.17) is 4.74 Å². The Balaban J connectivity index is 1.83. The summed E-state index contributed by atoms with van der Waals surface area (Å²) in [5.41, 5.74) is 0.103. The molecule has 31 heavy (non-hydrogen) atoms. The van der Waals surface area contributed by atoms with Crippen molar-refractivity contribution in [3.63, 3.8) is 0 Å². The molecule has 0 unspecified atom stereocenters. The van der Waals surface area contributed by atoms with Crippen LogP contribution >= 0.6 is 11.8 Å². The van der Waals surface area contributed by atoms with Crippen LogP contribution < -0.4 is 10.1 Å². The molecule has 2 aromatic carbocycles. The van der Waals surface area contributed by atoms with Crippen LogP contribution in [0.4, 0.5) is 16.2 Å². The van der Waals surface area contributed by atoms with Crippen molar-refractivity contribution in [2.24, 2.45) is 0 Å². The van der Waals surface area contributed by atoms with Crippen molar-refractivity contribution in [2.45, 2.75) is 6.92 Å². The van der Waals surface area contributed by atoms with Gasteiger partial charge in [-0.15, -0.1) is 0 Å². The Kier molecular flexibility index (Phi) is 6.55. The minimum absolute atomic E-state index is 0.0584. The van der Waals surface area contributed by atoms with Crippen LogP contribution in [0, 0.1) is 10.1 Å². The topological polar surface area (TPSA) is 139 Å². The van der Waals surface area contributed by atoms with Crippen molar-refractivity contribution in [3.8, 4) is 11.5 Å². The summed E-state index contributed by atoms with van der Waals surface area (Å²) in [6.45, 7) is 1.30. The summed E-state index contributed by atoms with van der Waals surface area (Å²) < 4.78 is 5.21. The number of amides is 3. The van der Waals surface area contributed by atoms with Crippen LogP contribution in [0.2, 0.25) is 0 Å². The van der Waals surface area contributed by atoms with E-state index in [9.17, 15) is 29.6 Å². The number of ether oxygens (including phenoxy) is 1. The summed E-state index contributed by atoms with van der Waals surface area (Å²) in [6.07, 6.45) is 1.16. The van der Waals surface area contributed by atoms with E-state index in [0.717, 1.165) is 23.1 Å². The Morgan fingerprint density at radius 1 is 1.29 bits per heavy atom. The van der Waals surface area contributed by atoms with Crippen molar-refractivity contribution >= 4 is 46.3 Å². The summed E-state index contributed by atoms with van der Waals surface area (Å²) >= 11 is 0.564. The van der Waals surface area contributed by atoms with Crippen LogP contribution in [0.5, 0.6) is 11.5 Å². The van der Waals surface area contributed by atoms with E-state index in [1.165, 1.54) is 0 Å². The van der Waals surface area contributed by atoms with Gasteiger partial charge in [-0.2, -0.15) is 0 Å².